The number of hydrogen-bond donors (Lipinski definition) is 0. The molecule has 0 aliphatic rings. The zero-order valence-electron chi connectivity index (χ0n) is 8.57. The summed E-state index contributed by atoms with van der Waals surface area (Å²) < 4.78 is 42.8. The van der Waals surface area contributed by atoms with Crippen LogP contribution in [0.5, 0.6) is 5.75 Å². The lowest BCUT2D eigenvalue weighted by molar-refractivity contribution is -0.138. The lowest BCUT2D eigenvalue weighted by Gasteiger charge is -2.14. The molecule has 0 aliphatic heterocycles. The molecule has 0 aromatic heterocycles. The highest BCUT2D eigenvalue weighted by Crippen LogP contribution is 2.38. The van der Waals surface area contributed by atoms with Gasteiger partial charge >= 0.3 is 6.18 Å². The second kappa shape index (κ2) is 5.14. The smallest absolute Gasteiger partial charge is 0.417 e. The first-order chi connectivity index (χ1) is 7.81. The SMILES string of the molecule is COc1cc(C(F)(F)F)c(C(=O)CCl)cc1Cl. The molecule has 94 valence electrons. The van der Waals surface area contributed by atoms with Crippen LogP contribution in [0.4, 0.5) is 13.2 Å². The Hall–Kier alpha value is -0.940. The number of ketones is 1. The van der Waals surface area contributed by atoms with Gasteiger partial charge in [0.2, 0.25) is 0 Å². The third-order valence-corrected chi connectivity index (χ3v) is 2.56. The third-order valence-electron chi connectivity index (χ3n) is 2.02. The second-order valence-electron chi connectivity index (χ2n) is 3.09. The molecule has 0 unspecified atom stereocenters. The summed E-state index contributed by atoms with van der Waals surface area (Å²) in [7, 11) is 1.18. The van der Waals surface area contributed by atoms with Gasteiger partial charge in [0.25, 0.3) is 0 Å². The van der Waals surface area contributed by atoms with Gasteiger partial charge in [-0.3, -0.25) is 4.79 Å². The minimum atomic E-state index is -4.67. The zero-order valence-corrected chi connectivity index (χ0v) is 10.1. The highest BCUT2D eigenvalue weighted by Gasteiger charge is 2.36. The molecule has 1 rings (SSSR count). The maximum absolute atomic E-state index is 12.7. The molecule has 1 aromatic carbocycles. The molecule has 1 aromatic rings. The van der Waals surface area contributed by atoms with Crippen molar-refractivity contribution in [1.29, 1.82) is 0 Å². The summed E-state index contributed by atoms with van der Waals surface area (Å²) in [5.74, 6) is -1.54. The van der Waals surface area contributed by atoms with Crippen LogP contribution in [0.3, 0.4) is 0 Å². The summed E-state index contributed by atoms with van der Waals surface area (Å²) in [6.45, 7) is 0. The van der Waals surface area contributed by atoms with E-state index in [1.54, 1.807) is 0 Å². The van der Waals surface area contributed by atoms with Crippen LogP contribution in [0.15, 0.2) is 12.1 Å². The number of carbonyl (C=O) groups excluding carboxylic acids is 1. The molecule has 7 heteroatoms. The number of Topliss-reactive ketones (excluding diaryl/α,β-unsaturated/α-hetero) is 1. The van der Waals surface area contributed by atoms with E-state index in [-0.39, 0.29) is 10.8 Å². The minimum Gasteiger partial charge on any atom is -0.495 e. The molecular formula is C10H7Cl2F3O2. The molecule has 0 aliphatic carbocycles. The number of halogens is 5. The normalized spacial score (nSPS) is 11.4. The van der Waals surface area contributed by atoms with Crippen LogP contribution in [-0.2, 0) is 6.18 Å². The summed E-state index contributed by atoms with van der Waals surface area (Å²) in [5.41, 5.74) is -1.66. The molecule has 2 nitrogen and oxygen atoms in total. The molecule has 0 bridgehead atoms. The van der Waals surface area contributed by atoms with E-state index in [0.717, 1.165) is 6.07 Å². The van der Waals surface area contributed by atoms with Gasteiger partial charge in [0.05, 0.1) is 23.6 Å². The van der Waals surface area contributed by atoms with Gasteiger partial charge in [-0.1, -0.05) is 11.6 Å². The fraction of sp³-hybridized carbons (Fsp3) is 0.300. The van der Waals surface area contributed by atoms with Crippen molar-refractivity contribution in [3.8, 4) is 5.75 Å². The zero-order chi connectivity index (χ0) is 13.2. The van der Waals surface area contributed by atoms with Crippen molar-refractivity contribution in [3.63, 3.8) is 0 Å². The molecule has 0 atom stereocenters. The summed E-state index contributed by atoms with van der Waals surface area (Å²) in [6.07, 6.45) is -4.67. The van der Waals surface area contributed by atoms with Crippen molar-refractivity contribution < 1.29 is 22.7 Å². The van der Waals surface area contributed by atoms with Gasteiger partial charge in [-0.25, -0.2) is 0 Å². The third kappa shape index (κ3) is 3.04. The Bertz CT molecular complexity index is 444. The highest BCUT2D eigenvalue weighted by atomic mass is 35.5. The van der Waals surface area contributed by atoms with Crippen LogP contribution in [0.2, 0.25) is 5.02 Å². The molecule has 0 fully saturated rings. The predicted octanol–water partition coefficient (Wildman–Crippen LogP) is 3.79. The number of carbonyl (C=O) groups is 1. The maximum atomic E-state index is 12.7. The molecule has 0 saturated heterocycles. The predicted molar refractivity (Wildman–Crippen MR) is 58.1 cm³/mol. The van der Waals surface area contributed by atoms with Gasteiger partial charge in [0, 0.05) is 5.56 Å². The van der Waals surface area contributed by atoms with Crippen LogP contribution in [0.25, 0.3) is 0 Å². The Morgan fingerprint density at radius 2 is 2.00 bits per heavy atom. The summed E-state index contributed by atoms with van der Waals surface area (Å²) in [5, 5.41) is -0.0750. The first-order valence-corrected chi connectivity index (χ1v) is 5.26. The minimum absolute atomic E-state index is 0.0750. The quantitative estimate of drug-likeness (QED) is 0.624. The molecule has 17 heavy (non-hydrogen) atoms. The summed E-state index contributed by atoms with van der Waals surface area (Å²) in [4.78, 5) is 11.3. The van der Waals surface area contributed by atoms with Gasteiger partial charge in [0.15, 0.2) is 5.78 Å². The van der Waals surface area contributed by atoms with Crippen LogP contribution in [0, 0.1) is 0 Å². The first-order valence-electron chi connectivity index (χ1n) is 4.35. The Morgan fingerprint density at radius 3 is 2.41 bits per heavy atom. The maximum Gasteiger partial charge on any atom is 0.417 e. The second-order valence-corrected chi connectivity index (χ2v) is 3.76. The number of benzene rings is 1. The van der Waals surface area contributed by atoms with E-state index in [1.807, 2.05) is 0 Å². The highest BCUT2D eigenvalue weighted by molar-refractivity contribution is 6.34. The van der Waals surface area contributed by atoms with E-state index >= 15 is 0 Å². The van der Waals surface area contributed by atoms with E-state index in [1.165, 1.54) is 7.11 Å². The molecular weight excluding hydrogens is 280 g/mol. The molecule has 0 N–H and O–H groups in total. The average molecular weight is 287 g/mol. The van der Waals surface area contributed by atoms with Crippen molar-refractivity contribution in [1.82, 2.24) is 0 Å². The topological polar surface area (TPSA) is 26.3 Å². The number of hydrogen-bond acceptors (Lipinski definition) is 2. The average Bonchev–Trinajstić information content (AvgIpc) is 2.26. The van der Waals surface area contributed by atoms with E-state index in [9.17, 15) is 18.0 Å². The fourth-order valence-electron chi connectivity index (χ4n) is 1.25. The lowest BCUT2D eigenvalue weighted by Crippen LogP contribution is -2.14. The Morgan fingerprint density at radius 1 is 1.41 bits per heavy atom. The molecule has 0 spiro atoms. The van der Waals surface area contributed by atoms with Crippen molar-refractivity contribution in [2.75, 3.05) is 13.0 Å². The summed E-state index contributed by atoms with van der Waals surface area (Å²) in [6, 6.07) is 1.59. The first kappa shape index (κ1) is 14.1. The molecule has 0 radical (unpaired) electrons. The van der Waals surface area contributed by atoms with E-state index in [0.29, 0.717) is 6.07 Å². The van der Waals surface area contributed by atoms with Gasteiger partial charge in [-0.2, -0.15) is 13.2 Å². The number of rotatable bonds is 3. The van der Waals surface area contributed by atoms with Gasteiger partial charge in [0.1, 0.15) is 5.75 Å². The van der Waals surface area contributed by atoms with Crippen LogP contribution in [-0.4, -0.2) is 18.8 Å². The number of methoxy groups -OCH3 is 1. The monoisotopic (exact) mass is 286 g/mol. The largest absolute Gasteiger partial charge is 0.495 e. The van der Waals surface area contributed by atoms with Gasteiger partial charge in [-0.05, 0) is 12.1 Å². The van der Waals surface area contributed by atoms with Crippen molar-refractivity contribution in [2.24, 2.45) is 0 Å². The van der Waals surface area contributed by atoms with Gasteiger partial charge in [-0.15, -0.1) is 11.6 Å². The molecule has 0 amide bonds. The van der Waals surface area contributed by atoms with E-state index < -0.39 is 29.0 Å². The van der Waals surface area contributed by atoms with Crippen LogP contribution < -0.4 is 4.74 Å². The Labute approximate surface area is 105 Å². The lowest BCUT2D eigenvalue weighted by atomic mass is 10.0. The number of alkyl halides is 4. The van der Waals surface area contributed by atoms with Crippen LogP contribution >= 0.6 is 23.2 Å². The summed E-state index contributed by atoms with van der Waals surface area (Å²) >= 11 is 10.9. The molecule has 0 saturated carbocycles. The van der Waals surface area contributed by atoms with Crippen molar-refractivity contribution >= 4 is 29.0 Å². The van der Waals surface area contributed by atoms with E-state index in [4.69, 9.17) is 23.2 Å². The standard InChI is InChI=1S/C10H7Cl2F3O2/c1-17-9-3-6(10(13,14)15)5(2-7(9)12)8(16)4-11/h2-3H,4H2,1H3. The number of ether oxygens (including phenoxy) is 1. The van der Waals surface area contributed by atoms with Crippen molar-refractivity contribution in [3.05, 3.63) is 28.3 Å². The Kier molecular flexibility index (Phi) is 4.27. The van der Waals surface area contributed by atoms with Crippen LogP contribution in [0.1, 0.15) is 15.9 Å². The Balaban J connectivity index is 3.47. The van der Waals surface area contributed by atoms with Crippen molar-refractivity contribution in [2.45, 2.75) is 6.18 Å². The fourth-order valence-corrected chi connectivity index (χ4v) is 1.63. The molecule has 0 heterocycles. The van der Waals surface area contributed by atoms with Gasteiger partial charge < -0.3 is 4.74 Å². The van der Waals surface area contributed by atoms with E-state index in [2.05, 4.69) is 4.74 Å².